The van der Waals surface area contributed by atoms with Gasteiger partial charge in [-0.05, 0) is 38.6 Å². The van der Waals surface area contributed by atoms with E-state index in [9.17, 15) is 8.42 Å². The number of aryl methyl sites for hydroxylation is 3. The summed E-state index contributed by atoms with van der Waals surface area (Å²) in [6.07, 6.45) is 0. The van der Waals surface area contributed by atoms with Crippen LogP contribution in [0.2, 0.25) is 0 Å². The number of nitrogens with zero attached hydrogens (tertiary/aromatic N) is 2. The maximum atomic E-state index is 11.1. The van der Waals surface area contributed by atoms with E-state index in [1.165, 1.54) is 20.9 Å². The minimum Gasteiger partial charge on any atom is -0.337 e. The van der Waals surface area contributed by atoms with Crippen molar-refractivity contribution in [2.45, 2.75) is 32.5 Å². The lowest BCUT2D eigenvalue weighted by Gasteiger charge is -1.97. The van der Waals surface area contributed by atoms with Crippen LogP contribution < -0.4 is 0 Å². The summed E-state index contributed by atoms with van der Waals surface area (Å²) < 4.78 is 23.1. The van der Waals surface area contributed by atoms with Crippen molar-refractivity contribution in [3.05, 3.63) is 115 Å². The lowest BCUT2D eigenvalue weighted by Crippen LogP contribution is -1.88. The smallest absolute Gasteiger partial charge is 0.288 e. The third kappa shape index (κ3) is 9.00. The highest BCUT2D eigenvalue weighted by molar-refractivity contribution is 8.14. The van der Waals surface area contributed by atoms with Crippen molar-refractivity contribution in [3.63, 3.8) is 0 Å². The molecule has 0 amide bonds. The molecule has 218 valence electrons. The van der Waals surface area contributed by atoms with Gasteiger partial charge < -0.3 is 4.98 Å². The number of hydrogen-bond acceptors (Lipinski definition) is 8. The molecule has 0 radical (unpaired) electrons. The van der Waals surface area contributed by atoms with Crippen molar-refractivity contribution in [3.8, 4) is 33.8 Å². The Balaban J connectivity index is 0.000000173. The number of thiazole rings is 3. The molecule has 1 N–H and O–H groups in total. The summed E-state index contributed by atoms with van der Waals surface area (Å²) in [7, 11) is 1.52. The Bertz CT molecular complexity index is 1860. The van der Waals surface area contributed by atoms with Crippen LogP contribution in [0.1, 0.15) is 22.1 Å². The normalized spacial score (nSPS) is 10.5. The average Bonchev–Trinajstić information content (AvgIpc) is 3.68. The van der Waals surface area contributed by atoms with Gasteiger partial charge in [-0.2, -0.15) is 0 Å². The van der Waals surface area contributed by atoms with Gasteiger partial charge in [0.25, 0.3) is 9.05 Å². The highest BCUT2D eigenvalue weighted by Crippen LogP contribution is 2.31. The van der Waals surface area contributed by atoms with Crippen LogP contribution >= 0.6 is 56.9 Å². The van der Waals surface area contributed by atoms with Gasteiger partial charge in [-0.1, -0.05) is 98.4 Å². The molecular formula is C31H30ClN3O2S5. The predicted octanol–water partition coefficient (Wildman–Crippen LogP) is 10.6. The van der Waals surface area contributed by atoms with Gasteiger partial charge in [-0.3, -0.25) is 0 Å². The quantitative estimate of drug-likeness (QED) is 0.149. The molecule has 0 unspecified atom stereocenters. The van der Waals surface area contributed by atoms with Crippen LogP contribution in [0.5, 0.6) is 0 Å². The summed E-state index contributed by atoms with van der Waals surface area (Å²) in [4.78, 5) is 14.9. The topological polar surface area (TPSA) is 75.7 Å². The molecule has 11 heteroatoms. The molecule has 0 aliphatic carbocycles. The molecule has 0 fully saturated rings. The summed E-state index contributed by atoms with van der Waals surface area (Å²) in [6.45, 7) is 6.00. The molecule has 0 atom stereocenters. The number of benzene rings is 3. The van der Waals surface area contributed by atoms with Gasteiger partial charge in [0.1, 0.15) is 0 Å². The zero-order valence-electron chi connectivity index (χ0n) is 22.4. The Labute approximate surface area is 269 Å². The Kier molecular flexibility index (Phi) is 12.3. The van der Waals surface area contributed by atoms with Gasteiger partial charge in [-0.15, -0.1) is 34.0 Å². The third-order valence-electron chi connectivity index (χ3n) is 5.71. The molecular weight excluding hydrogens is 642 g/mol. The Morgan fingerprint density at radius 2 is 1.21 bits per heavy atom. The molecule has 42 heavy (non-hydrogen) atoms. The lowest BCUT2D eigenvalue weighted by molar-refractivity contribution is 0.609. The van der Waals surface area contributed by atoms with E-state index in [0.29, 0.717) is 5.69 Å². The monoisotopic (exact) mass is 671 g/mol. The standard InChI is InChI=1S/C10H8ClNO2S2.C10H9NS2.C10H9NS.CH4/c1-7-9(8-5-3-2-4-6-8)12-10(15-7)16(11,13)14;1-7-9(11-10(12)13-7)8-5-3-2-4-6-8;1-8-10(11-7-12-8)9-5-3-2-4-6-9;/h2-6H,1H3;2-6H,1H3,(H,11,12);2-7H,1H3;1H4. The molecule has 0 saturated heterocycles. The Hall–Kier alpha value is -2.99. The van der Waals surface area contributed by atoms with Gasteiger partial charge in [0, 0.05) is 36.4 Å². The van der Waals surface area contributed by atoms with Crippen LogP contribution in [0.25, 0.3) is 33.8 Å². The molecule has 3 aromatic heterocycles. The van der Waals surface area contributed by atoms with Gasteiger partial charge in [0.15, 0.2) is 3.95 Å². The molecule has 3 heterocycles. The fraction of sp³-hybridized carbons (Fsp3) is 0.129. The number of aromatic nitrogens is 3. The lowest BCUT2D eigenvalue weighted by atomic mass is 10.1. The fourth-order valence-electron chi connectivity index (χ4n) is 3.80. The van der Waals surface area contributed by atoms with Crippen LogP contribution in [0.4, 0.5) is 0 Å². The summed E-state index contributed by atoms with van der Waals surface area (Å²) >= 11 is 9.48. The second kappa shape index (κ2) is 15.5. The number of hydrogen-bond donors (Lipinski definition) is 1. The van der Waals surface area contributed by atoms with E-state index in [1.54, 1.807) is 22.7 Å². The van der Waals surface area contributed by atoms with Crippen LogP contribution in [0.3, 0.4) is 0 Å². The molecule has 5 nitrogen and oxygen atoms in total. The summed E-state index contributed by atoms with van der Waals surface area (Å²) in [5, 5.41) is 0. The number of rotatable bonds is 4. The predicted molar refractivity (Wildman–Crippen MR) is 184 cm³/mol. The van der Waals surface area contributed by atoms with E-state index in [4.69, 9.17) is 22.9 Å². The molecule has 3 aromatic carbocycles. The maximum absolute atomic E-state index is 11.1. The van der Waals surface area contributed by atoms with E-state index in [-0.39, 0.29) is 11.8 Å². The van der Waals surface area contributed by atoms with Crippen molar-refractivity contribution >= 4 is 66.0 Å². The number of H-pyrrole nitrogens is 1. The van der Waals surface area contributed by atoms with Crippen LogP contribution in [0, 0.1) is 24.7 Å². The summed E-state index contributed by atoms with van der Waals surface area (Å²) in [6, 6.07) is 29.9. The van der Waals surface area contributed by atoms with E-state index in [2.05, 4.69) is 53.1 Å². The van der Waals surface area contributed by atoms with E-state index >= 15 is 0 Å². The number of halogens is 1. The average molecular weight is 672 g/mol. The minimum atomic E-state index is -3.73. The van der Waals surface area contributed by atoms with E-state index in [0.717, 1.165) is 37.1 Å². The van der Waals surface area contributed by atoms with Crippen LogP contribution in [0.15, 0.2) is 101 Å². The SMILES string of the molecule is C.Cc1sc(=S)[nH]c1-c1ccccc1.Cc1sc(S(=O)(=O)Cl)nc1-c1ccccc1.Cc1scnc1-c1ccccc1. The first kappa shape index (κ1) is 33.5. The molecule has 6 rings (SSSR count). The summed E-state index contributed by atoms with van der Waals surface area (Å²) in [5.74, 6) is 0. The van der Waals surface area contributed by atoms with E-state index < -0.39 is 9.05 Å². The van der Waals surface area contributed by atoms with Crippen molar-refractivity contribution in [1.29, 1.82) is 0 Å². The molecule has 0 bridgehead atoms. The zero-order chi connectivity index (χ0) is 29.4. The van der Waals surface area contributed by atoms with E-state index in [1.807, 2.05) is 79.2 Å². The van der Waals surface area contributed by atoms with Crippen molar-refractivity contribution < 1.29 is 8.42 Å². The second-order valence-electron chi connectivity index (χ2n) is 8.62. The molecule has 0 spiro atoms. The molecule has 0 saturated carbocycles. The minimum absolute atomic E-state index is 0. The maximum Gasteiger partial charge on any atom is 0.288 e. The van der Waals surface area contributed by atoms with Crippen LogP contribution in [-0.2, 0) is 9.05 Å². The van der Waals surface area contributed by atoms with Gasteiger partial charge in [0.2, 0.25) is 4.34 Å². The Morgan fingerprint density at radius 1 is 0.714 bits per heavy atom. The number of nitrogens with one attached hydrogen (secondary N) is 1. The molecule has 6 aromatic rings. The fourth-order valence-corrected chi connectivity index (χ4v) is 7.60. The summed E-state index contributed by atoms with van der Waals surface area (Å²) in [5.41, 5.74) is 8.12. The van der Waals surface area contributed by atoms with Crippen LogP contribution in [-0.4, -0.2) is 23.4 Å². The van der Waals surface area contributed by atoms with Crippen molar-refractivity contribution in [1.82, 2.24) is 15.0 Å². The molecule has 0 aliphatic heterocycles. The van der Waals surface area contributed by atoms with Crippen molar-refractivity contribution in [2.75, 3.05) is 0 Å². The highest BCUT2D eigenvalue weighted by atomic mass is 35.7. The molecule has 0 aliphatic rings. The Morgan fingerprint density at radius 3 is 1.62 bits per heavy atom. The second-order valence-corrected chi connectivity index (χ2v) is 15.5. The first-order chi connectivity index (χ1) is 19.6. The van der Waals surface area contributed by atoms with Crippen molar-refractivity contribution in [2.24, 2.45) is 0 Å². The van der Waals surface area contributed by atoms with Gasteiger partial charge in [0.05, 0.1) is 22.6 Å². The highest BCUT2D eigenvalue weighted by Gasteiger charge is 2.18. The largest absolute Gasteiger partial charge is 0.337 e. The van der Waals surface area contributed by atoms with Gasteiger partial charge >= 0.3 is 0 Å². The van der Waals surface area contributed by atoms with Gasteiger partial charge in [-0.25, -0.2) is 18.4 Å². The number of aromatic amines is 1. The zero-order valence-corrected chi connectivity index (χ0v) is 27.2. The first-order valence-electron chi connectivity index (χ1n) is 12.3. The third-order valence-corrected chi connectivity index (χ3v) is 10.5. The first-order valence-corrected chi connectivity index (χ1v) is 17.5.